The number of hydrogen-bond donors (Lipinski definition) is 3. The van der Waals surface area contributed by atoms with E-state index in [9.17, 15) is 43.2 Å². The molecule has 0 saturated carbocycles. The molecular formula is C68H132O17P2. The number of carbonyl (C=O) groups excluding carboxylic acids is 4. The van der Waals surface area contributed by atoms with Crippen LogP contribution in [0.4, 0.5) is 0 Å². The molecular weight excluding hydrogens is 1150 g/mol. The first-order valence-corrected chi connectivity index (χ1v) is 38.2. The van der Waals surface area contributed by atoms with Crippen LogP contribution in [-0.4, -0.2) is 96.7 Å². The molecule has 0 bridgehead atoms. The van der Waals surface area contributed by atoms with Crippen LogP contribution in [0, 0.1) is 23.7 Å². The minimum absolute atomic E-state index is 0.103. The van der Waals surface area contributed by atoms with E-state index in [1.165, 1.54) is 128 Å². The van der Waals surface area contributed by atoms with Gasteiger partial charge in [-0.15, -0.1) is 0 Å². The maximum Gasteiger partial charge on any atom is 0.472 e. The fraction of sp³-hybridized carbons (Fsp3) is 0.941. The third-order valence-electron chi connectivity index (χ3n) is 15.6. The summed E-state index contributed by atoms with van der Waals surface area (Å²) in [5, 5.41) is 10.6. The number of aliphatic hydroxyl groups excluding tert-OH is 1. The summed E-state index contributed by atoms with van der Waals surface area (Å²) in [6, 6.07) is 0. The summed E-state index contributed by atoms with van der Waals surface area (Å²) in [7, 11) is -9.90. The summed E-state index contributed by atoms with van der Waals surface area (Å²) in [5.74, 6) is 0.775. The van der Waals surface area contributed by atoms with E-state index in [4.69, 9.17) is 37.0 Å². The molecule has 5 atom stereocenters. The molecule has 0 aliphatic heterocycles. The maximum atomic E-state index is 13.0. The zero-order chi connectivity index (χ0) is 64.7. The van der Waals surface area contributed by atoms with Crippen molar-refractivity contribution in [2.45, 2.75) is 350 Å². The Balaban J connectivity index is 5.23. The van der Waals surface area contributed by atoms with Crippen molar-refractivity contribution in [3.8, 4) is 0 Å². The minimum Gasteiger partial charge on any atom is -0.462 e. The molecule has 0 spiro atoms. The van der Waals surface area contributed by atoms with Gasteiger partial charge in [0.15, 0.2) is 12.2 Å². The van der Waals surface area contributed by atoms with Crippen molar-refractivity contribution in [2.24, 2.45) is 23.7 Å². The highest BCUT2D eigenvalue weighted by Crippen LogP contribution is 2.45. The molecule has 0 aromatic heterocycles. The number of phosphoric ester groups is 2. The predicted molar refractivity (Wildman–Crippen MR) is 349 cm³/mol. The molecule has 0 saturated heterocycles. The van der Waals surface area contributed by atoms with Gasteiger partial charge in [-0.3, -0.25) is 37.3 Å². The summed E-state index contributed by atoms with van der Waals surface area (Å²) < 4.78 is 68.1. The van der Waals surface area contributed by atoms with E-state index >= 15 is 0 Å². The van der Waals surface area contributed by atoms with Gasteiger partial charge in [-0.05, 0) is 49.4 Å². The van der Waals surface area contributed by atoms with Gasteiger partial charge in [0.25, 0.3) is 0 Å². The van der Waals surface area contributed by atoms with E-state index in [0.717, 1.165) is 114 Å². The van der Waals surface area contributed by atoms with Crippen molar-refractivity contribution in [2.75, 3.05) is 39.6 Å². The van der Waals surface area contributed by atoms with Crippen LogP contribution in [0.2, 0.25) is 0 Å². The summed E-state index contributed by atoms with van der Waals surface area (Å²) >= 11 is 0. The quantitative estimate of drug-likeness (QED) is 0.0222. The first-order chi connectivity index (χ1) is 41.6. The molecule has 0 fully saturated rings. The predicted octanol–water partition coefficient (Wildman–Crippen LogP) is 18.9. The summed E-state index contributed by atoms with van der Waals surface area (Å²) in [6.45, 7) is 14.0. The molecule has 0 rings (SSSR count). The summed E-state index contributed by atoms with van der Waals surface area (Å²) in [6.07, 6.45) is 39.2. The van der Waals surface area contributed by atoms with E-state index in [-0.39, 0.29) is 25.7 Å². The number of carbonyl (C=O) groups is 4. The van der Waals surface area contributed by atoms with Crippen LogP contribution in [0.25, 0.3) is 0 Å². The lowest BCUT2D eigenvalue weighted by atomic mass is 10.0. The van der Waals surface area contributed by atoms with Gasteiger partial charge in [-0.2, -0.15) is 0 Å². The molecule has 0 aromatic rings. The molecule has 0 aliphatic rings. The minimum atomic E-state index is -4.95. The topological polar surface area (TPSA) is 237 Å². The first kappa shape index (κ1) is 85.1. The van der Waals surface area contributed by atoms with Crippen LogP contribution in [-0.2, 0) is 65.4 Å². The zero-order valence-electron chi connectivity index (χ0n) is 56.6. The lowest BCUT2D eigenvalue weighted by molar-refractivity contribution is -0.161. The fourth-order valence-electron chi connectivity index (χ4n) is 10.1. The molecule has 17 nitrogen and oxygen atoms in total. The van der Waals surface area contributed by atoms with Crippen LogP contribution in [0.3, 0.4) is 0 Å². The van der Waals surface area contributed by atoms with Gasteiger partial charge in [0, 0.05) is 25.7 Å². The van der Waals surface area contributed by atoms with Crippen molar-refractivity contribution < 1.29 is 80.2 Å². The standard InChI is InChI=1S/C68H132O17P2/c1-58(2)44-36-28-20-14-12-10-9-11-13-15-24-34-42-50-67(72)84-64(55-79-66(71)49-41-33-27-26-31-39-47-61(7)8)57-83-87(76,77)81-53-62(69)52-80-86(74,75)82-56-63(85-68(73)51-43-35-25-19-17-22-30-38-46-60(5)6)54-78-65(70)48-40-32-23-18-16-21-29-37-45-59(3)4/h58-64,69H,9-57H2,1-8H3,(H,74,75)(H,76,77)/t62?,63-,64-/m1/s1. The van der Waals surface area contributed by atoms with E-state index in [1.807, 2.05) is 0 Å². The molecule has 19 heteroatoms. The Kier molecular flexibility index (Phi) is 56.6. The Labute approximate surface area is 530 Å². The SMILES string of the molecule is CC(C)CCCCCCCCCCCCCCCC(=O)O[C@H](COC(=O)CCCCCCCCC(C)C)COP(=O)(O)OCC(O)COP(=O)(O)OC[C@@H](COC(=O)CCCCCCCCCCC(C)C)OC(=O)CCCCCCCCCCC(C)C. The second kappa shape index (κ2) is 57.9. The van der Waals surface area contributed by atoms with E-state index in [2.05, 4.69) is 55.4 Å². The average Bonchev–Trinajstić information content (AvgIpc) is 3.61. The second-order valence-electron chi connectivity index (χ2n) is 26.5. The van der Waals surface area contributed by atoms with Crippen LogP contribution in [0.15, 0.2) is 0 Å². The van der Waals surface area contributed by atoms with Crippen LogP contribution in [0.1, 0.15) is 331 Å². The van der Waals surface area contributed by atoms with E-state index in [1.54, 1.807) is 0 Å². The van der Waals surface area contributed by atoms with Crippen molar-refractivity contribution in [3.63, 3.8) is 0 Å². The largest absolute Gasteiger partial charge is 0.472 e. The summed E-state index contributed by atoms with van der Waals surface area (Å²) in [5.41, 5.74) is 0. The number of ether oxygens (including phenoxy) is 4. The molecule has 0 amide bonds. The average molecular weight is 1280 g/mol. The molecule has 3 unspecified atom stereocenters. The molecule has 0 aromatic carbocycles. The Morgan fingerprint density at radius 2 is 0.483 bits per heavy atom. The Morgan fingerprint density at radius 1 is 0.287 bits per heavy atom. The fourth-order valence-corrected chi connectivity index (χ4v) is 11.7. The number of esters is 4. The van der Waals surface area contributed by atoms with Crippen LogP contribution in [0.5, 0.6) is 0 Å². The highest BCUT2D eigenvalue weighted by atomic mass is 31.2. The number of hydrogen-bond acceptors (Lipinski definition) is 15. The number of rotatable bonds is 65. The molecule has 3 N–H and O–H groups in total. The van der Waals surface area contributed by atoms with Gasteiger partial charge in [-0.1, -0.05) is 280 Å². The number of unbranched alkanes of at least 4 members (excludes halogenated alkanes) is 31. The van der Waals surface area contributed by atoms with E-state index in [0.29, 0.717) is 31.6 Å². The maximum absolute atomic E-state index is 13.0. The van der Waals surface area contributed by atoms with Crippen molar-refractivity contribution in [3.05, 3.63) is 0 Å². The van der Waals surface area contributed by atoms with Gasteiger partial charge in [0.05, 0.1) is 26.4 Å². The Bertz CT molecular complexity index is 1730. The number of aliphatic hydroxyl groups is 1. The third kappa shape index (κ3) is 62.6. The molecule has 0 aliphatic carbocycles. The zero-order valence-corrected chi connectivity index (χ0v) is 58.4. The van der Waals surface area contributed by atoms with Crippen molar-refractivity contribution in [1.29, 1.82) is 0 Å². The molecule has 516 valence electrons. The highest BCUT2D eigenvalue weighted by molar-refractivity contribution is 7.47. The molecule has 0 radical (unpaired) electrons. The van der Waals surface area contributed by atoms with Crippen molar-refractivity contribution >= 4 is 39.5 Å². The number of phosphoric acid groups is 2. The lowest BCUT2D eigenvalue weighted by Gasteiger charge is -2.21. The lowest BCUT2D eigenvalue weighted by Crippen LogP contribution is -2.30. The highest BCUT2D eigenvalue weighted by Gasteiger charge is 2.30. The smallest absolute Gasteiger partial charge is 0.462 e. The van der Waals surface area contributed by atoms with Gasteiger partial charge < -0.3 is 33.8 Å². The van der Waals surface area contributed by atoms with Gasteiger partial charge in [0.1, 0.15) is 19.3 Å². The van der Waals surface area contributed by atoms with Crippen molar-refractivity contribution in [1.82, 2.24) is 0 Å². The Hall–Kier alpha value is -1.94. The molecule has 87 heavy (non-hydrogen) atoms. The van der Waals surface area contributed by atoms with Crippen LogP contribution < -0.4 is 0 Å². The molecule has 0 heterocycles. The normalized spacial score (nSPS) is 14.3. The third-order valence-corrected chi connectivity index (χ3v) is 17.5. The summed E-state index contributed by atoms with van der Waals surface area (Å²) in [4.78, 5) is 72.4. The van der Waals surface area contributed by atoms with Crippen LogP contribution >= 0.6 is 15.6 Å². The first-order valence-electron chi connectivity index (χ1n) is 35.2. The van der Waals surface area contributed by atoms with E-state index < -0.39 is 97.5 Å². The Morgan fingerprint density at radius 3 is 0.713 bits per heavy atom. The monoisotopic (exact) mass is 1280 g/mol. The van der Waals surface area contributed by atoms with Gasteiger partial charge in [-0.25, -0.2) is 9.13 Å². The van der Waals surface area contributed by atoms with Gasteiger partial charge in [0.2, 0.25) is 0 Å². The second-order valence-corrected chi connectivity index (χ2v) is 29.4. The van der Waals surface area contributed by atoms with Gasteiger partial charge >= 0.3 is 39.5 Å².